The van der Waals surface area contributed by atoms with Crippen molar-refractivity contribution in [1.82, 2.24) is 0 Å². The van der Waals surface area contributed by atoms with Crippen molar-refractivity contribution in [3.05, 3.63) is 59.7 Å². The molecule has 20 heavy (non-hydrogen) atoms. The van der Waals surface area contributed by atoms with Crippen LogP contribution in [0.1, 0.15) is 11.1 Å². The van der Waals surface area contributed by atoms with Crippen LogP contribution < -0.4 is 0 Å². The van der Waals surface area contributed by atoms with Crippen molar-refractivity contribution in [2.24, 2.45) is 9.98 Å². The van der Waals surface area contributed by atoms with Gasteiger partial charge in [0.25, 0.3) is 0 Å². The quantitative estimate of drug-likeness (QED) is 0.611. The summed E-state index contributed by atoms with van der Waals surface area (Å²) in [5.74, 6) is 0. The molecule has 4 heteroatoms. The Morgan fingerprint density at radius 3 is 1.90 bits per heavy atom. The van der Waals surface area contributed by atoms with Crippen molar-refractivity contribution < 1.29 is 9.59 Å². The standard InChI is InChI=1S/2C8H7NO/c1-7-2-4-8(5-3-7)9-6-10;1-7-3-2-4-8(5-7)9-6-10/h2*2-5H,1H3. The molecular formula is C16H14N2O2. The van der Waals surface area contributed by atoms with Gasteiger partial charge in [0.15, 0.2) is 0 Å². The minimum atomic E-state index is 0.653. The van der Waals surface area contributed by atoms with Gasteiger partial charge >= 0.3 is 0 Å². The normalized spacial score (nSPS) is 8.50. The lowest BCUT2D eigenvalue weighted by molar-refractivity contribution is 0.564. The van der Waals surface area contributed by atoms with Gasteiger partial charge in [0.1, 0.15) is 0 Å². The third-order valence-electron chi connectivity index (χ3n) is 2.39. The predicted molar refractivity (Wildman–Crippen MR) is 77.9 cm³/mol. The molecule has 4 nitrogen and oxygen atoms in total. The van der Waals surface area contributed by atoms with Crippen molar-refractivity contribution in [2.75, 3.05) is 0 Å². The van der Waals surface area contributed by atoms with Crippen LogP contribution in [0.15, 0.2) is 58.5 Å². The largest absolute Gasteiger partial charge is 0.240 e. The number of benzene rings is 2. The summed E-state index contributed by atoms with van der Waals surface area (Å²) in [6.45, 7) is 3.93. The molecule has 0 fully saturated rings. The van der Waals surface area contributed by atoms with Crippen molar-refractivity contribution in [3.8, 4) is 0 Å². The fraction of sp³-hybridized carbons (Fsp3) is 0.125. The number of rotatable bonds is 2. The molecule has 0 bridgehead atoms. The number of hydrogen-bond donors (Lipinski definition) is 0. The summed E-state index contributed by atoms with van der Waals surface area (Å²) in [6.07, 6.45) is 2.96. The Balaban J connectivity index is 0.000000200. The molecule has 2 rings (SSSR count). The fourth-order valence-electron chi connectivity index (χ4n) is 1.42. The number of aliphatic imine (C=N–C) groups is 2. The van der Waals surface area contributed by atoms with E-state index < -0.39 is 0 Å². The van der Waals surface area contributed by atoms with Crippen LogP contribution in [-0.2, 0) is 9.59 Å². The van der Waals surface area contributed by atoms with Gasteiger partial charge in [-0.25, -0.2) is 9.59 Å². The van der Waals surface area contributed by atoms with E-state index in [0.29, 0.717) is 11.4 Å². The molecule has 0 unspecified atom stereocenters. The molecule has 0 aliphatic heterocycles. The highest BCUT2D eigenvalue weighted by atomic mass is 16.1. The van der Waals surface area contributed by atoms with Crippen molar-refractivity contribution >= 4 is 23.5 Å². The lowest BCUT2D eigenvalue weighted by Crippen LogP contribution is -1.68. The van der Waals surface area contributed by atoms with Crippen LogP contribution in [0.3, 0.4) is 0 Å². The zero-order valence-electron chi connectivity index (χ0n) is 11.3. The fourth-order valence-corrected chi connectivity index (χ4v) is 1.42. The van der Waals surface area contributed by atoms with Gasteiger partial charge in [-0.1, -0.05) is 29.8 Å². The van der Waals surface area contributed by atoms with E-state index in [4.69, 9.17) is 0 Å². The Morgan fingerprint density at radius 1 is 0.750 bits per heavy atom. The second kappa shape index (κ2) is 8.33. The molecule has 0 spiro atoms. The first kappa shape index (κ1) is 15.3. The van der Waals surface area contributed by atoms with E-state index in [1.807, 2.05) is 44.2 Å². The first-order valence-electron chi connectivity index (χ1n) is 5.95. The van der Waals surface area contributed by atoms with Crippen molar-refractivity contribution in [3.63, 3.8) is 0 Å². The second-order valence-electron chi connectivity index (χ2n) is 4.08. The van der Waals surface area contributed by atoms with Crippen LogP contribution in [0.4, 0.5) is 11.4 Å². The first-order valence-corrected chi connectivity index (χ1v) is 5.95. The minimum Gasteiger partial charge on any atom is -0.211 e. The molecule has 100 valence electrons. The lowest BCUT2D eigenvalue weighted by atomic mass is 10.2. The van der Waals surface area contributed by atoms with Crippen LogP contribution in [0.5, 0.6) is 0 Å². The topological polar surface area (TPSA) is 58.9 Å². The summed E-state index contributed by atoms with van der Waals surface area (Å²) in [6, 6.07) is 14.7. The SMILES string of the molecule is Cc1ccc(N=C=O)cc1.Cc1cccc(N=C=O)c1. The Morgan fingerprint density at radius 2 is 1.35 bits per heavy atom. The van der Waals surface area contributed by atoms with Gasteiger partial charge in [0.2, 0.25) is 12.2 Å². The summed E-state index contributed by atoms with van der Waals surface area (Å²) in [7, 11) is 0. The third kappa shape index (κ3) is 5.69. The van der Waals surface area contributed by atoms with Gasteiger partial charge in [-0.2, -0.15) is 9.98 Å². The van der Waals surface area contributed by atoms with Crippen molar-refractivity contribution in [2.45, 2.75) is 13.8 Å². The van der Waals surface area contributed by atoms with Crippen LogP contribution in [0.2, 0.25) is 0 Å². The molecular weight excluding hydrogens is 252 g/mol. The number of hydrogen-bond acceptors (Lipinski definition) is 4. The van der Waals surface area contributed by atoms with E-state index in [1.165, 1.54) is 12.2 Å². The maximum absolute atomic E-state index is 9.79. The van der Waals surface area contributed by atoms with Crippen LogP contribution in [0.25, 0.3) is 0 Å². The average molecular weight is 266 g/mol. The molecule has 0 heterocycles. The van der Waals surface area contributed by atoms with Crippen LogP contribution >= 0.6 is 0 Å². The molecule has 0 radical (unpaired) electrons. The molecule has 0 aliphatic carbocycles. The highest BCUT2D eigenvalue weighted by Crippen LogP contribution is 2.11. The maximum Gasteiger partial charge on any atom is 0.240 e. The molecule has 0 atom stereocenters. The molecule has 0 aromatic heterocycles. The summed E-state index contributed by atoms with van der Waals surface area (Å²) in [5.41, 5.74) is 3.57. The maximum atomic E-state index is 9.79. The third-order valence-corrected chi connectivity index (χ3v) is 2.39. The van der Waals surface area contributed by atoms with Gasteiger partial charge in [-0.05, 0) is 43.7 Å². The molecule has 0 saturated heterocycles. The van der Waals surface area contributed by atoms with Gasteiger partial charge in [0, 0.05) is 0 Å². The summed E-state index contributed by atoms with van der Waals surface area (Å²) in [4.78, 5) is 26.5. The summed E-state index contributed by atoms with van der Waals surface area (Å²) in [5, 5.41) is 0. The first-order chi connectivity index (χ1) is 9.65. The Labute approximate surface area is 117 Å². The van der Waals surface area contributed by atoms with E-state index in [9.17, 15) is 9.59 Å². The van der Waals surface area contributed by atoms with Gasteiger partial charge in [0.05, 0.1) is 11.4 Å². The Hall–Kier alpha value is -2.80. The van der Waals surface area contributed by atoms with Crippen LogP contribution in [0, 0.1) is 13.8 Å². The highest BCUT2D eigenvalue weighted by Gasteiger charge is 1.86. The molecule has 2 aromatic rings. The van der Waals surface area contributed by atoms with E-state index >= 15 is 0 Å². The number of aryl methyl sites for hydroxylation is 2. The van der Waals surface area contributed by atoms with E-state index in [2.05, 4.69) is 9.98 Å². The van der Waals surface area contributed by atoms with Gasteiger partial charge in [-0.3, -0.25) is 0 Å². The van der Waals surface area contributed by atoms with Gasteiger partial charge < -0.3 is 0 Å². The average Bonchev–Trinajstić information content (AvgIpc) is 2.43. The van der Waals surface area contributed by atoms with E-state index in [-0.39, 0.29) is 0 Å². The molecule has 2 aromatic carbocycles. The second-order valence-corrected chi connectivity index (χ2v) is 4.08. The Bertz CT molecular complexity index is 650. The summed E-state index contributed by atoms with van der Waals surface area (Å²) < 4.78 is 0. The van der Waals surface area contributed by atoms with E-state index in [1.54, 1.807) is 18.2 Å². The highest BCUT2D eigenvalue weighted by molar-refractivity contribution is 5.49. The Kier molecular flexibility index (Phi) is 6.35. The monoisotopic (exact) mass is 266 g/mol. The number of carbonyl (C=O) groups excluding carboxylic acids is 2. The molecule has 0 amide bonds. The number of isocyanates is 2. The van der Waals surface area contributed by atoms with Crippen LogP contribution in [-0.4, -0.2) is 12.2 Å². The zero-order chi connectivity index (χ0) is 14.8. The molecule has 0 N–H and O–H groups in total. The number of nitrogens with zero attached hydrogens (tertiary/aromatic N) is 2. The molecule has 0 saturated carbocycles. The predicted octanol–water partition coefficient (Wildman–Crippen LogP) is 3.92. The minimum absolute atomic E-state index is 0.653. The van der Waals surface area contributed by atoms with Gasteiger partial charge in [-0.15, -0.1) is 0 Å². The molecule has 0 aliphatic rings. The zero-order valence-corrected chi connectivity index (χ0v) is 11.3. The smallest absolute Gasteiger partial charge is 0.211 e. The van der Waals surface area contributed by atoms with E-state index in [0.717, 1.165) is 11.1 Å². The van der Waals surface area contributed by atoms with Crippen molar-refractivity contribution in [1.29, 1.82) is 0 Å². The summed E-state index contributed by atoms with van der Waals surface area (Å²) >= 11 is 0. The lowest BCUT2D eigenvalue weighted by Gasteiger charge is -1.90.